The first kappa shape index (κ1) is 13.3. The van der Waals surface area contributed by atoms with Crippen molar-refractivity contribution >= 4 is 17.6 Å². The zero-order valence-electron chi connectivity index (χ0n) is 9.71. The first-order chi connectivity index (χ1) is 9.10. The molecule has 0 aliphatic rings. The lowest BCUT2D eigenvalue weighted by molar-refractivity contribution is 0.0696. The monoisotopic (exact) mass is 279 g/mol. The fraction of sp³-hybridized carbons (Fsp3) is 0.0769. The minimum atomic E-state index is -1.10. The lowest BCUT2D eigenvalue weighted by atomic mass is 10.2. The van der Waals surface area contributed by atoms with Crippen LogP contribution in [0.2, 0.25) is 5.02 Å². The Morgan fingerprint density at radius 2 is 2.00 bits per heavy atom. The van der Waals surface area contributed by atoms with Crippen molar-refractivity contribution < 1.29 is 19.7 Å². The first-order valence-electron chi connectivity index (χ1n) is 5.36. The van der Waals surface area contributed by atoms with Gasteiger partial charge in [-0.15, -0.1) is 0 Å². The summed E-state index contributed by atoms with van der Waals surface area (Å²) in [5, 5.41) is 17.8. The Morgan fingerprint density at radius 1 is 1.32 bits per heavy atom. The van der Waals surface area contributed by atoms with Gasteiger partial charge in [0.05, 0.1) is 12.2 Å². The number of halogens is 1. The van der Waals surface area contributed by atoms with E-state index >= 15 is 0 Å². The van der Waals surface area contributed by atoms with E-state index in [1.54, 1.807) is 24.3 Å². The highest BCUT2D eigenvalue weighted by molar-refractivity contribution is 6.32. The Labute approximate surface area is 114 Å². The van der Waals surface area contributed by atoms with Gasteiger partial charge in [0, 0.05) is 6.20 Å². The molecule has 1 aromatic heterocycles. The van der Waals surface area contributed by atoms with Gasteiger partial charge in [0.15, 0.2) is 0 Å². The maximum absolute atomic E-state index is 10.7. The molecule has 0 saturated heterocycles. The van der Waals surface area contributed by atoms with Gasteiger partial charge < -0.3 is 14.9 Å². The third-order valence-corrected chi connectivity index (χ3v) is 2.65. The van der Waals surface area contributed by atoms with E-state index in [9.17, 15) is 4.79 Å². The molecule has 2 aromatic rings. The number of aliphatic hydroxyl groups is 1. The number of aliphatic hydroxyl groups excluding tert-OH is 1. The summed E-state index contributed by atoms with van der Waals surface area (Å²) < 4.78 is 5.43. The molecule has 19 heavy (non-hydrogen) atoms. The van der Waals surface area contributed by atoms with Crippen molar-refractivity contribution in [3.8, 4) is 11.6 Å². The Hall–Kier alpha value is -2.11. The molecule has 2 N–H and O–H groups in total. The summed E-state index contributed by atoms with van der Waals surface area (Å²) in [6, 6.07) is 8.00. The summed E-state index contributed by atoms with van der Waals surface area (Å²) in [5.74, 6) is -0.480. The molecule has 0 fully saturated rings. The zero-order chi connectivity index (χ0) is 13.8. The topological polar surface area (TPSA) is 79.7 Å². The number of ether oxygens (including phenoxy) is 1. The number of hydrogen-bond acceptors (Lipinski definition) is 4. The Bertz CT molecular complexity index is 598. The summed E-state index contributed by atoms with van der Waals surface area (Å²) in [7, 11) is 0. The molecular weight excluding hydrogens is 270 g/mol. The smallest absolute Gasteiger partial charge is 0.337 e. The van der Waals surface area contributed by atoms with Gasteiger partial charge in [0.25, 0.3) is 0 Å². The molecule has 0 spiro atoms. The molecule has 0 saturated carbocycles. The number of pyridine rings is 1. The average molecular weight is 280 g/mol. The van der Waals surface area contributed by atoms with E-state index in [0.717, 1.165) is 5.56 Å². The first-order valence-corrected chi connectivity index (χ1v) is 5.74. The van der Waals surface area contributed by atoms with Gasteiger partial charge in [-0.3, -0.25) is 0 Å². The molecule has 0 aliphatic heterocycles. The van der Waals surface area contributed by atoms with Gasteiger partial charge in [-0.1, -0.05) is 23.7 Å². The van der Waals surface area contributed by atoms with Gasteiger partial charge >= 0.3 is 5.97 Å². The number of carbonyl (C=O) groups is 1. The van der Waals surface area contributed by atoms with Crippen LogP contribution >= 0.6 is 11.6 Å². The molecule has 0 radical (unpaired) electrons. The number of aromatic carboxylic acids is 1. The summed E-state index contributed by atoms with van der Waals surface area (Å²) in [6.07, 6.45) is 1.17. The van der Waals surface area contributed by atoms with E-state index in [-0.39, 0.29) is 23.1 Å². The van der Waals surface area contributed by atoms with Crippen LogP contribution in [0.4, 0.5) is 0 Å². The minimum absolute atomic E-state index is 0.00650. The van der Waals surface area contributed by atoms with Gasteiger partial charge in [-0.05, 0) is 23.8 Å². The molecule has 98 valence electrons. The Balaban J connectivity index is 2.20. The van der Waals surface area contributed by atoms with E-state index in [0.29, 0.717) is 5.75 Å². The van der Waals surface area contributed by atoms with Crippen LogP contribution < -0.4 is 4.74 Å². The van der Waals surface area contributed by atoms with Crippen LogP contribution in [0.25, 0.3) is 0 Å². The Kier molecular flexibility index (Phi) is 3.99. The normalized spacial score (nSPS) is 10.2. The van der Waals surface area contributed by atoms with Crippen LogP contribution in [0.15, 0.2) is 36.5 Å². The number of carboxylic acid groups (broad SMARTS) is 1. The SMILES string of the molecule is O=C(O)c1cnc(Oc2ccc(CO)cc2)c(Cl)c1. The molecule has 0 bridgehead atoms. The van der Waals surface area contributed by atoms with Crippen molar-refractivity contribution in [1.29, 1.82) is 0 Å². The summed E-state index contributed by atoms with van der Waals surface area (Å²) in [5.41, 5.74) is 0.751. The molecule has 0 amide bonds. The van der Waals surface area contributed by atoms with Crippen molar-refractivity contribution in [2.24, 2.45) is 0 Å². The molecule has 2 rings (SSSR count). The molecule has 0 atom stereocenters. The van der Waals surface area contributed by atoms with Crippen LogP contribution in [-0.4, -0.2) is 21.2 Å². The summed E-state index contributed by atoms with van der Waals surface area (Å²) >= 11 is 5.89. The standard InChI is InChI=1S/C13H10ClNO4/c14-11-5-9(13(17)18)6-15-12(11)19-10-3-1-8(7-16)2-4-10/h1-6,16H,7H2,(H,17,18). The number of benzene rings is 1. The van der Waals surface area contributed by atoms with E-state index in [1.165, 1.54) is 12.3 Å². The number of carboxylic acids is 1. The summed E-state index contributed by atoms with van der Waals surface area (Å²) in [4.78, 5) is 14.6. The highest BCUT2D eigenvalue weighted by atomic mass is 35.5. The number of hydrogen-bond donors (Lipinski definition) is 2. The zero-order valence-corrected chi connectivity index (χ0v) is 10.5. The van der Waals surface area contributed by atoms with Gasteiger partial charge in [0.1, 0.15) is 10.8 Å². The maximum atomic E-state index is 10.7. The van der Waals surface area contributed by atoms with Crippen molar-refractivity contribution in [2.75, 3.05) is 0 Å². The molecule has 5 nitrogen and oxygen atoms in total. The van der Waals surface area contributed by atoms with Crippen LogP contribution in [-0.2, 0) is 6.61 Å². The van der Waals surface area contributed by atoms with Crippen molar-refractivity contribution in [2.45, 2.75) is 6.61 Å². The molecule has 6 heteroatoms. The number of aromatic nitrogens is 1. The number of nitrogens with zero attached hydrogens (tertiary/aromatic N) is 1. The lowest BCUT2D eigenvalue weighted by Gasteiger charge is -2.07. The molecule has 1 heterocycles. The van der Waals surface area contributed by atoms with E-state index in [2.05, 4.69) is 4.98 Å². The Morgan fingerprint density at radius 3 is 2.53 bits per heavy atom. The van der Waals surface area contributed by atoms with Gasteiger partial charge in [-0.2, -0.15) is 0 Å². The van der Waals surface area contributed by atoms with Gasteiger partial charge in [-0.25, -0.2) is 9.78 Å². The quantitative estimate of drug-likeness (QED) is 0.899. The predicted octanol–water partition coefficient (Wildman–Crippen LogP) is 2.72. The maximum Gasteiger partial charge on any atom is 0.337 e. The lowest BCUT2D eigenvalue weighted by Crippen LogP contribution is -1.98. The molecule has 0 aliphatic carbocycles. The van der Waals surface area contributed by atoms with Crippen LogP contribution in [0.5, 0.6) is 11.6 Å². The van der Waals surface area contributed by atoms with Crippen LogP contribution in [0.3, 0.4) is 0 Å². The summed E-state index contributed by atoms with van der Waals surface area (Å²) in [6.45, 7) is -0.0490. The number of rotatable bonds is 4. The highest BCUT2D eigenvalue weighted by Crippen LogP contribution is 2.27. The minimum Gasteiger partial charge on any atom is -0.478 e. The second kappa shape index (κ2) is 5.69. The van der Waals surface area contributed by atoms with Crippen molar-refractivity contribution in [3.63, 3.8) is 0 Å². The second-order valence-corrected chi connectivity index (χ2v) is 4.13. The van der Waals surface area contributed by atoms with E-state index in [1.807, 2.05) is 0 Å². The van der Waals surface area contributed by atoms with Gasteiger partial charge in [0.2, 0.25) is 5.88 Å². The second-order valence-electron chi connectivity index (χ2n) is 3.72. The largest absolute Gasteiger partial charge is 0.478 e. The molecular formula is C13H10ClNO4. The van der Waals surface area contributed by atoms with E-state index in [4.69, 9.17) is 26.6 Å². The van der Waals surface area contributed by atoms with E-state index < -0.39 is 5.97 Å². The van der Waals surface area contributed by atoms with Crippen molar-refractivity contribution in [1.82, 2.24) is 4.98 Å². The molecule has 0 unspecified atom stereocenters. The third kappa shape index (κ3) is 3.21. The van der Waals surface area contributed by atoms with Crippen LogP contribution in [0, 0.1) is 0 Å². The fourth-order valence-electron chi connectivity index (χ4n) is 1.39. The van der Waals surface area contributed by atoms with Crippen LogP contribution in [0.1, 0.15) is 15.9 Å². The highest BCUT2D eigenvalue weighted by Gasteiger charge is 2.10. The average Bonchev–Trinajstić information content (AvgIpc) is 2.41. The third-order valence-electron chi connectivity index (χ3n) is 2.37. The fourth-order valence-corrected chi connectivity index (χ4v) is 1.60. The molecule has 1 aromatic carbocycles. The van der Waals surface area contributed by atoms with Crippen molar-refractivity contribution in [3.05, 3.63) is 52.7 Å². The predicted molar refractivity (Wildman–Crippen MR) is 68.6 cm³/mol.